The van der Waals surface area contributed by atoms with Crippen molar-refractivity contribution >= 4 is 5.98 Å². The van der Waals surface area contributed by atoms with Gasteiger partial charge in [0.2, 0.25) is 0 Å². The fraction of sp³-hybridized carbons (Fsp3) is 0.600. The molecule has 0 heterocycles. The van der Waals surface area contributed by atoms with Crippen molar-refractivity contribution in [3.63, 3.8) is 0 Å². The van der Waals surface area contributed by atoms with E-state index in [0.717, 1.165) is 0 Å². The smallest absolute Gasteiger partial charge is 1.00 e. The molecule has 2 aliphatic carbocycles. The molecule has 0 N–H and O–H groups in total. The number of rotatable bonds is 3. The van der Waals surface area contributed by atoms with E-state index in [2.05, 4.69) is 78.9 Å². The van der Waals surface area contributed by atoms with Crippen LogP contribution in [0.3, 0.4) is 0 Å². The minimum absolute atomic E-state index is 0. The summed E-state index contributed by atoms with van der Waals surface area (Å²) in [6.45, 7) is 19.6. The summed E-state index contributed by atoms with van der Waals surface area (Å²) in [5.41, 5.74) is 3.99. The molecule has 0 nitrogen and oxygen atoms in total. The topological polar surface area (TPSA) is 0 Å². The van der Waals surface area contributed by atoms with Crippen LogP contribution in [0.15, 0.2) is 42.1 Å². The van der Waals surface area contributed by atoms with E-state index in [1.54, 1.807) is 11.1 Å². The molecule has 0 fully saturated rings. The van der Waals surface area contributed by atoms with E-state index < -0.39 is 26.6 Å². The van der Waals surface area contributed by atoms with Crippen LogP contribution in [-0.4, -0.2) is 5.98 Å². The monoisotopic (exact) mass is 347 g/mol. The third-order valence-electron chi connectivity index (χ3n) is 4.97. The van der Waals surface area contributed by atoms with Gasteiger partial charge in [0.05, 0.1) is 0 Å². The van der Waals surface area contributed by atoms with Crippen LogP contribution >= 0.6 is 0 Å². The Kier molecular flexibility index (Phi) is 5.44. The van der Waals surface area contributed by atoms with Crippen molar-refractivity contribution < 1.29 is 22.0 Å². The summed E-state index contributed by atoms with van der Waals surface area (Å²) in [5, 5.41) is 0. The van der Waals surface area contributed by atoms with Gasteiger partial charge in [-0.2, -0.15) is 0 Å². The molecule has 0 saturated carbocycles. The zero-order valence-electron chi connectivity index (χ0n) is 16.9. The van der Waals surface area contributed by atoms with E-state index in [1.165, 1.54) is 12.8 Å². The van der Waals surface area contributed by atoms with Crippen molar-refractivity contribution in [1.29, 1.82) is 0 Å². The van der Waals surface area contributed by atoms with E-state index in [-0.39, 0.29) is 1.43 Å². The van der Waals surface area contributed by atoms with Gasteiger partial charge in [-0.25, -0.2) is 0 Å². The summed E-state index contributed by atoms with van der Waals surface area (Å²) in [4.78, 5) is 0. The fourth-order valence-electron chi connectivity index (χ4n) is 4.11. The van der Waals surface area contributed by atoms with Crippen LogP contribution in [0, 0.1) is 10.8 Å². The molecule has 2 heteroatoms. The predicted molar refractivity (Wildman–Crippen MR) is 100 cm³/mol. The molecule has 0 amide bonds. The van der Waals surface area contributed by atoms with Gasteiger partial charge in [-0.3, -0.25) is 0 Å². The van der Waals surface area contributed by atoms with Crippen LogP contribution < -0.4 is 0 Å². The summed E-state index contributed by atoms with van der Waals surface area (Å²) < 4.78 is 3.84. The predicted octanol–water partition coefficient (Wildman–Crippen LogP) is 6.22. The first kappa shape index (κ1) is 18.4. The maximum absolute atomic E-state index is 2.61. The number of hydrogen-bond donors (Lipinski definition) is 0. The van der Waals surface area contributed by atoms with Gasteiger partial charge in [-0.05, 0) is 0 Å². The summed E-state index contributed by atoms with van der Waals surface area (Å²) >= 11 is -1.54. The second kappa shape index (κ2) is 6.51. The first-order chi connectivity index (χ1) is 10.0. The van der Waals surface area contributed by atoms with Crippen LogP contribution in [0.5, 0.6) is 0 Å². The van der Waals surface area contributed by atoms with Crippen LogP contribution in [0.25, 0.3) is 0 Å². The number of hydrogen-bond acceptors (Lipinski definition) is 0. The third-order valence-corrected chi connectivity index (χ3v) is 19.9. The second-order valence-electron chi connectivity index (χ2n) is 9.31. The molecule has 0 unspecified atom stereocenters. The van der Waals surface area contributed by atoms with Crippen molar-refractivity contribution in [3.05, 3.63) is 42.1 Å². The Morgan fingerprint density at radius 1 is 0.818 bits per heavy atom. The molecule has 0 saturated heterocycles. The standard InChI is InChI=1S/2C9H13.C2H7Si.Sc.H/c2*1-9(2,3)8-6-4-5-7-8;1-3-2;;/h2*4,6H,5H2,1-3H3;3H,1-2H3;;/q;;;;-1. The minimum Gasteiger partial charge on any atom is -1.00 e. The zero-order chi connectivity index (χ0) is 16.7. The molecular weight excluding hydrogens is 313 g/mol. The molecule has 0 aromatic rings. The van der Waals surface area contributed by atoms with Gasteiger partial charge < -0.3 is 1.43 Å². The average Bonchev–Trinajstić information content (AvgIpc) is 2.95. The van der Waals surface area contributed by atoms with E-state index in [9.17, 15) is 0 Å². The maximum Gasteiger partial charge on any atom is -1.00 e. The van der Waals surface area contributed by atoms with Crippen molar-refractivity contribution in [3.8, 4) is 0 Å². The normalized spacial score (nSPS) is 19.1. The molecule has 0 atom stereocenters. The van der Waals surface area contributed by atoms with Crippen LogP contribution in [0.4, 0.5) is 0 Å². The molecule has 0 aliphatic heterocycles. The van der Waals surface area contributed by atoms with Gasteiger partial charge in [0.25, 0.3) is 0 Å². The molecule has 2 aliphatic rings. The summed E-state index contributed by atoms with van der Waals surface area (Å²) in [5.74, 6) is -0.621. The molecule has 22 heavy (non-hydrogen) atoms. The molecule has 0 radical (unpaired) electrons. The Bertz CT molecular complexity index is 517. The molecule has 2 rings (SSSR count). The molecule has 0 aromatic carbocycles. The van der Waals surface area contributed by atoms with Crippen LogP contribution in [-0.2, 0) is 20.6 Å². The first-order valence-electron chi connectivity index (χ1n) is 8.83. The van der Waals surface area contributed by atoms with E-state index >= 15 is 0 Å². The maximum atomic E-state index is 2.61. The Balaban J connectivity index is 0.00000264. The average molecular weight is 348 g/mol. The Morgan fingerprint density at radius 2 is 1.18 bits per heavy atom. The first-order valence-corrected chi connectivity index (χ1v) is 16.7. The van der Waals surface area contributed by atoms with Gasteiger partial charge in [0, 0.05) is 0 Å². The number of allylic oxidation sites excluding steroid dienone is 8. The summed E-state index contributed by atoms with van der Waals surface area (Å²) in [7, 11) is 0. The third kappa shape index (κ3) is 3.75. The summed E-state index contributed by atoms with van der Waals surface area (Å²) in [6, 6.07) is 0. The molecule has 122 valence electrons. The quantitative estimate of drug-likeness (QED) is 0.532. The van der Waals surface area contributed by atoms with Crippen molar-refractivity contribution in [2.45, 2.75) is 67.5 Å². The van der Waals surface area contributed by atoms with E-state index in [1.807, 2.05) is 6.66 Å². The Hall–Kier alpha value is 0.0470. The summed E-state index contributed by atoms with van der Waals surface area (Å²) in [6.07, 6.45) is 12.3. The van der Waals surface area contributed by atoms with Crippen molar-refractivity contribution in [2.75, 3.05) is 0 Å². The second-order valence-corrected chi connectivity index (χ2v) is 24.5. The largest absolute Gasteiger partial charge is 1.00 e. The van der Waals surface area contributed by atoms with Gasteiger partial charge >= 0.3 is 147 Å². The molecule has 0 bridgehead atoms. The van der Waals surface area contributed by atoms with Crippen LogP contribution in [0.2, 0.25) is 13.1 Å². The fourth-order valence-corrected chi connectivity index (χ4v) is 20.4. The molecule has 0 spiro atoms. The van der Waals surface area contributed by atoms with Crippen molar-refractivity contribution in [2.24, 2.45) is 10.8 Å². The Morgan fingerprint density at radius 3 is 1.45 bits per heavy atom. The van der Waals surface area contributed by atoms with Crippen molar-refractivity contribution in [1.82, 2.24) is 0 Å². The SMILES string of the molecule is C[SiH](C)[Sc]([C]1=C(C(C)(C)C)C=CC1)[C]1=C(C(C)(C)C)C=CC1.[H-]. The minimum atomic E-state index is -1.54. The van der Waals surface area contributed by atoms with Gasteiger partial charge in [-0.15, -0.1) is 0 Å². The zero-order valence-corrected chi connectivity index (χ0v) is 18.8. The molecular formula is C20H34ScSi-. The van der Waals surface area contributed by atoms with Gasteiger partial charge in [0.15, 0.2) is 0 Å². The molecule has 0 aromatic heterocycles. The van der Waals surface area contributed by atoms with Gasteiger partial charge in [-0.1, -0.05) is 0 Å². The van der Waals surface area contributed by atoms with E-state index in [4.69, 9.17) is 0 Å². The van der Waals surface area contributed by atoms with Crippen LogP contribution in [0.1, 0.15) is 55.8 Å². The Labute approximate surface area is 148 Å². The van der Waals surface area contributed by atoms with Gasteiger partial charge in [0.1, 0.15) is 0 Å². The van der Waals surface area contributed by atoms with E-state index in [0.29, 0.717) is 10.8 Å².